The van der Waals surface area contributed by atoms with Crippen LogP contribution in [0.2, 0.25) is 0 Å². The first-order chi connectivity index (χ1) is 6.25. The van der Waals surface area contributed by atoms with Gasteiger partial charge in [0.1, 0.15) is 5.75 Å². The van der Waals surface area contributed by atoms with Crippen molar-refractivity contribution in [2.24, 2.45) is 0 Å². The Labute approximate surface area is 78.9 Å². The van der Waals surface area contributed by atoms with Gasteiger partial charge in [-0.05, 0) is 31.5 Å². The summed E-state index contributed by atoms with van der Waals surface area (Å²) in [6.07, 6.45) is 1.06. The van der Waals surface area contributed by atoms with E-state index < -0.39 is 0 Å². The number of benzene rings is 1. The van der Waals surface area contributed by atoms with Crippen LogP contribution in [0.4, 0.5) is 5.69 Å². The molecule has 1 atom stereocenters. The van der Waals surface area contributed by atoms with Crippen LogP contribution in [0.5, 0.6) is 5.75 Å². The first kappa shape index (κ1) is 8.42. The molecule has 1 aromatic carbocycles. The van der Waals surface area contributed by atoms with E-state index in [1.165, 1.54) is 5.56 Å². The van der Waals surface area contributed by atoms with Gasteiger partial charge in [0.15, 0.2) is 0 Å². The normalized spacial score (nSPS) is 20.9. The number of fused-ring (bicyclic) bond motifs is 1. The molecule has 13 heavy (non-hydrogen) atoms. The largest absolute Gasteiger partial charge is 0.491 e. The molecule has 2 heteroatoms. The minimum absolute atomic E-state index is 0.504. The van der Waals surface area contributed by atoms with E-state index in [9.17, 15) is 0 Å². The highest BCUT2D eigenvalue weighted by molar-refractivity contribution is 5.58. The zero-order valence-corrected chi connectivity index (χ0v) is 8.13. The summed E-state index contributed by atoms with van der Waals surface area (Å²) >= 11 is 0. The Morgan fingerprint density at radius 1 is 1.46 bits per heavy atom. The second-order valence-corrected chi connectivity index (χ2v) is 3.68. The summed E-state index contributed by atoms with van der Waals surface area (Å²) < 4.78 is 5.64. The highest BCUT2D eigenvalue weighted by atomic mass is 16.5. The van der Waals surface area contributed by atoms with Crippen LogP contribution in [-0.4, -0.2) is 12.6 Å². The SMILES string of the molecule is Cc1ccc2c(c1)OCCC(C)N2. The molecule has 1 heterocycles. The highest BCUT2D eigenvalue weighted by Gasteiger charge is 2.12. The van der Waals surface area contributed by atoms with Crippen molar-refractivity contribution in [1.82, 2.24) is 0 Å². The van der Waals surface area contributed by atoms with E-state index in [-0.39, 0.29) is 0 Å². The van der Waals surface area contributed by atoms with Crippen molar-refractivity contribution in [3.63, 3.8) is 0 Å². The van der Waals surface area contributed by atoms with Gasteiger partial charge in [-0.2, -0.15) is 0 Å². The molecule has 1 aliphatic rings. The van der Waals surface area contributed by atoms with Crippen LogP contribution in [0.1, 0.15) is 18.9 Å². The van der Waals surface area contributed by atoms with E-state index in [1.54, 1.807) is 0 Å². The fourth-order valence-electron chi connectivity index (χ4n) is 1.55. The van der Waals surface area contributed by atoms with Crippen LogP contribution in [0.15, 0.2) is 18.2 Å². The Bertz CT molecular complexity index is 309. The molecule has 1 aromatic rings. The number of rotatable bonds is 0. The van der Waals surface area contributed by atoms with E-state index in [4.69, 9.17) is 4.74 Å². The Hall–Kier alpha value is -1.18. The lowest BCUT2D eigenvalue weighted by Crippen LogP contribution is -2.14. The number of anilines is 1. The van der Waals surface area contributed by atoms with Crippen LogP contribution in [-0.2, 0) is 0 Å². The number of hydrogen-bond donors (Lipinski definition) is 1. The highest BCUT2D eigenvalue weighted by Crippen LogP contribution is 2.28. The van der Waals surface area contributed by atoms with Gasteiger partial charge in [-0.1, -0.05) is 6.07 Å². The average Bonchev–Trinajstić information content (AvgIpc) is 2.25. The van der Waals surface area contributed by atoms with Crippen LogP contribution in [0.25, 0.3) is 0 Å². The molecule has 0 aromatic heterocycles. The van der Waals surface area contributed by atoms with Crippen molar-refractivity contribution in [3.05, 3.63) is 23.8 Å². The molecule has 0 saturated heterocycles. The number of hydrogen-bond acceptors (Lipinski definition) is 2. The van der Waals surface area contributed by atoms with Crippen molar-refractivity contribution < 1.29 is 4.74 Å². The lowest BCUT2D eigenvalue weighted by molar-refractivity contribution is 0.314. The van der Waals surface area contributed by atoms with Crippen LogP contribution < -0.4 is 10.1 Å². The van der Waals surface area contributed by atoms with Crippen LogP contribution in [0.3, 0.4) is 0 Å². The Balaban J connectivity index is 2.34. The van der Waals surface area contributed by atoms with Crippen LogP contribution >= 0.6 is 0 Å². The quantitative estimate of drug-likeness (QED) is 0.657. The van der Waals surface area contributed by atoms with Gasteiger partial charge in [-0.15, -0.1) is 0 Å². The van der Waals surface area contributed by atoms with Crippen molar-refractivity contribution in [2.75, 3.05) is 11.9 Å². The van der Waals surface area contributed by atoms with Gasteiger partial charge in [-0.3, -0.25) is 0 Å². The fourth-order valence-corrected chi connectivity index (χ4v) is 1.55. The number of nitrogens with one attached hydrogen (secondary N) is 1. The summed E-state index contributed by atoms with van der Waals surface area (Å²) in [6, 6.07) is 6.78. The molecule has 0 fully saturated rings. The minimum Gasteiger partial charge on any atom is -0.491 e. The van der Waals surface area contributed by atoms with Gasteiger partial charge >= 0.3 is 0 Å². The van der Waals surface area contributed by atoms with Gasteiger partial charge in [0, 0.05) is 12.5 Å². The zero-order valence-electron chi connectivity index (χ0n) is 8.13. The topological polar surface area (TPSA) is 21.3 Å². The van der Waals surface area contributed by atoms with Crippen molar-refractivity contribution in [2.45, 2.75) is 26.3 Å². The monoisotopic (exact) mass is 177 g/mol. The van der Waals surface area contributed by atoms with Crippen molar-refractivity contribution in [1.29, 1.82) is 0 Å². The molecule has 0 radical (unpaired) electrons. The molecule has 0 bridgehead atoms. The summed E-state index contributed by atoms with van der Waals surface area (Å²) in [5, 5.41) is 3.42. The third-order valence-electron chi connectivity index (χ3n) is 2.35. The number of aryl methyl sites for hydroxylation is 1. The first-order valence-corrected chi connectivity index (χ1v) is 4.76. The first-order valence-electron chi connectivity index (χ1n) is 4.76. The lowest BCUT2D eigenvalue weighted by atomic mass is 10.2. The molecule has 0 spiro atoms. The third-order valence-corrected chi connectivity index (χ3v) is 2.35. The zero-order chi connectivity index (χ0) is 9.26. The molecular formula is C11H15NO. The smallest absolute Gasteiger partial charge is 0.142 e. The van der Waals surface area contributed by atoms with E-state index in [0.29, 0.717) is 6.04 Å². The summed E-state index contributed by atoms with van der Waals surface area (Å²) in [5.74, 6) is 0.990. The Morgan fingerprint density at radius 3 is 3.15 bits per heavy atom. The molecule has 0 amide bonds. The molecule has 0 saturated carbocycles. The molecular weight excluding hydrogens is 162 g/mol. The summed E-state index contributed by atoms with van der Waals surface area (Å²) in [5.41, 5.74) is 2.37. The lowest BCUT2D eigenvalue weighted by Gasteiger charge is -2.11. The number of ether oxygens (including phenoxy) is 1. The van der Waals surface area contributed by atoms with Gasteiger partial charge < -0.3 is 10.1 Å². The van der Waals surface area contributed by atoms with E-state index in [1.807, 2.05) is 0 Å². The van der Waals surface area contributed by atoms with Crippen molar-refractivity contribution in [3.8, 4) is 5.75 Å². The molecule has 1 N–H and O–H groups in total. The van der Waals surface area contributed by atoms with Crippen LogP contribution in [0, 0.1) is 6.92 Å². The maximum atomic E-state index is 5.64. The van der Waals surface area contributed by atoms with Gasteiger partial charge in [0.25, 0.3) is 0 Å². The summed E-state index contributed by atoms with van der Waals surface area (Å²) in [7, 11) is 0. The van der Waals surface area contributed by atoms with E-state index >= 15 is 0 Å². The second-order valence-electron chi connectivity index (χ2n) is 3.68. The van der Waals surface area contributed by atoms with E-state index in [2.05, 4.69) is 37.4 Å². The third kappa shape index (κ3) is 1.77. The molecule has 70 valence electrons. The Morgan fingerprint density at radius 2 is 2.31 bits per heavy atom. The van der Waals surface area contributed by atoms with Gasteiger partial charge in [-0.25, -0.2) is 0 Å². The minimum atomic E-state index is 0.504. The molecule has 0 aliphatic carbocycles. The molecule has 2 nitrogen and oxygen atoms in total. The molecule has 1 unspecified atom stereocenters. The summed E-state index contributed by atoms with van der Waals surface area (Å²) in [6.45, 7) is 5.07. The summed E-state index contributed by atoms with van der Waals surface area (Å²) in [4.78, 5) is 0. The fraction of sp³-hybridized carbons (Fsp3) is 0.455. The Kier molecular flexibility index (Phi) is 2.13. The maximum Gasteiger partial charge on any atom is 0.142 e. The maximum absolute atomic E-state index is 5.64. The average molecular weight is 177 g/mol. The van der Waals surface area contributed by atoms with E-state index in [0.717, 1.165) is 24.5 Å². The predicted molar refractivity (Wildman–Crippen MR) is 54.4 cm³/mol. The van der Waals surface area contributed by atoms with Gasteiger partial charge in [0.05, 0.1) is 12.3 Å². The van der Waals surface area contributed by atoms with Crippen molar-refractivity contribution >= 4 is 5.69 Å². The second kappa shape index (κ2) is 3.29. The standard InChI is InChI=1S/C11H15NO/c1-8-3-4-10-11(7-8)13-6-5-9(2)12-10/h3-4,7,9,12H,5-6H2,1-2H3. The predicted octanol–water partition coefficient (Wildman–Crippen LogP) is 2.58. The van der Waals surface area contributed by atoms with Gasteiger partial charge in [0.2, 0.25) is 0 Å². The molecule has 2 rings (SSSR count). The molecule has 1 aliphatic heterocycles.